The third-order valence-corrected chi connectivity index (χ3v) is 3.63. The molecule has 2 aromatic heterocycles. The van der Waals surface area contributed by atoms with Crippen LogP contribution in [0.5, 0.6) is 5.88 Å². The molecule has 0 unspecified atom stereocenters. The van der Waals surface area contributed by atoms with E-state index >= 15 is 0 Å². The first-order chi connectivity index (χ1) is 10.7. The van der Waals surface area contributed by atoms with Gasteiger partial charge in [-0.3, -0.25) is 9.48 Å². The van der Waals surface area contributed by atoms with Crippen LogP contribution in [0, 0.1) is 0 Å². The maximum atomic E-state index is 12.4. The lowest BCUT2D eigenvalue weighted by Crippen LogP contribution is -2.49. The first kappa shape index (κ1) is 14.3. The number of piperazine rings is 1. The number of carbonyl (C=O) groups is 1. The van der Waals surface area contributed by atoms with Crippen molar-refractivity contribution in [1.82, 2.24) is 24.6 Å². The molecular weight excluding hydrogens is 284 g/mol. The zero-order chi connectivity index (χ0) is 15.5. The molecular formula is C14H18N6O2. The number of ether oxygens (including phenoxy) is 1. The van der Waals surface area contributed by atoms with Gasteiger partial charge in [0.25, 0.3) is 5.91 Å². The molecule has 0 spiro atoms. The standard InChI is InChI=1S/C14H18N6O2/c1-18-10-11(9-16-18)13(21)19-5-7-20(8-6-19)14-15-4-3-12(17-14)22-2/h3-4,9-10H,5-8H2,1-2H3. The molecule has 3 rings (SSSR count). The number of hydrogen-bond acceptors (Lipinski definition) is 6. The summed E-state index contributed by atoms with van der Waals surface area (Å²) in [5.41, 5.74) is 0.619. The van der Waals surface area contributed by atoms with Gasteiger partial charge in [-0.2, -0.15) is 10.1 Å². The predicted octanol–water partition coefficient (Wildman–Crippen LogP) is 0.181. The Morgan fingerprint density at radius 3 is 2.68 bits per heavy atom. The highest BCUT2D eigenvalue weighted by molar-refractivity contribution is 5.93. The third-order valence-electron chi connectivity index (χ3n) is 3.63. The zero-order valence-corrected chi connectivity index (χ0v) is 12.6. The molecule has 1 saturated heterocycles. The van der Waals surface area contributed by atoms with Crippen molar-refractivity contribution in [2.24, 2.45) is 7.05 Å². The van der Waals surface area contributed by atoms with Crippen molar-refractivity contribution in [2.75, 3.05) is 38.2 Å². The fraction of sp³-hybridized carbons (Fsp3) is 0.429. The van der Waals surface area contributed by atoms with Gasteiger partial charge >= 0.3 is 0 Å². The summed E-state index contributed by atoms with van der Waals surface area (Å²) in [7, 11) is 3.38. The fourth-order valence-corrected chi connectivity index (χ4v) is 2.42. The van der Waals surface area contributed by atoms with E-state index in [1.54, 1.807) is 43.5 Å². The molecule has 2 aromatic rings. The summed E-state index contributed by atoms with van der Waals surface area (Å²) in [4.78, 5) is 24.8. The number of aromatic nitrogens is 4. The molecule has 0 aliphatic carbocycles. The average Bonchev–Trinajstić information content (AvgIpc) is 3.01. The van der Waals surface area contributed by atoms with E-state index in [2.05, 4.69) is 20.0 Å². The van der Waals surface area contributed by atoms with E-state index in [0.29, 0.717) is 43.6 Å². The number of aryl methyl sites for hydroxylation is 1. The lowest BCUT2D eigenvalue weighted by atomic mass is 10.2. The van der Waals surface area contributed by atoms with E-state index < -0.39 is 0 Å². The molecule has 0 aromatic carbocycles. The SMILES string of the molecule is COc1ccnc(N2CCN(C(=O)c3cnn(C)c3)CC2)n1. The van der Waals surface area contributed by atoms with Gasteiger partial charge in [0, 0.05) is 51.7 Å². The Morgan fingerprint density at radius 1 is 1.27 bits per heavy atom. The molecule has 8 heteroatoms. The van der Waals surface area contributed by atoms with Gasteiger partial charge in [0.05, 0.1) is 18.9 Å². The molecule has 116 valence electrons. The second-order valence-electron chi connectivity index (χ2n) is 5.08. The summed E-state index contributed by atoms with van der Waals surface area (Å²) in [5, 5.41) is 4.04. The second-order valence-corrected chi connectivity index (χ2v) is 5.08. The number of methoxy groups -OCH3 is 1. The van der Waals surface area contributed by atoms with Gasteiger partial charge in [0.1, 0.15) is 0 Å². The molecule has 0 saturated carbocycles. The number of carbonyl (C=O) groups excluding carboxylic acids is 1. The molecule has 1 aliphatic heterocycles. The van der Waals surface area contributed by atoms with Crippen LogP contribution in [0.1, 0.15) is 10.4 Å². The minimum absolute atomic E-state index is 0.0133. The highest BCUT2D eigenvalue weighted by Crippen LogP contribution is 2.15. The van der Waals surface area contributed by atoms with E-state index in [-0.39, 0.29) is 5.91 Å². The fourth-order valence-electron chi connectivity index (χ4n) is 2.42. The Morgan fingerprint density at radius 2 is 2.05 bits per heavy atom. The summed E-state index contributed by atoms with van der Waals surface area (Å²) in [6.45, 7) is 2.65. The van der Waals surface area contributed by atoms with Crippen LogP contribution < -0.4 is 9.64 Å². The Hall–Kier alpha value is -2.64. The molecule has 8 nitrogen and oxygen atoms in total. The van der Waals surface area contributed by atoms with Crippen LogP contribution in [0.15, 0.2) is 24.7 Å². The Kier molecular flexibility index (Phi) is 3.90. The number of nitrogens with zero attached hydrogens (tertiary/aromatic N) is 6. The molecule has 1 fully saturated rings. The van der Waals surface area contributed by atoms with E-state index in [0.717, 1.165) is 0 Å². The maximum absolute atomic E-state index is 12.4. The van der Waals surface area contributed by atoms with Crippen LogP contribution in [-0.2, 0) is 7.05 Å². The van der Waals surface area contributed by atoms with Crippen molar-refractivity contribution in [3.8, 4) is 5.88 Å². The van der Waals surface area contributed by atoms with E-state index in [9.17, 15) is 4.79 Å². The van der Waals surface area contributed by atoms with Gasteiger partial charge in [0.15, 0.2) is 0 Å². The van der Waals surface area contributed by atoms with Crippen molar-refractivity contribution in [3.05, 3.63) is 30.2 Å². The molecule has 0 radical (unpaired) electrons. The summed E-state index contributed by atoms with van der Waals surface area (Å²) < 4.78 is 6.75. The zero-order valence-electron chi connectivity index (χ0n) is 12.6. The maximum Gasteiger partial charge on any atom is 0.257 e. The van der Waals surface area contributed by atoms with Crippen molar-refractivity contribution >= 4 is 11.9 Å². The van der Waals surface area contributed by atoms with Crippen LogP contribution in [0.3, 0.4) is 0 Å². The van der Waals surface area contributed by atoms with Gasteiger partial charge in [-0.15, -0.1) is 0 Å². The molecule has 3 heterocycles. The summed E-state index contributed by atoms with van der Waals surface area (Å²) in [6, 6.07) is 1.71. The Labute approximate surface area is 128 Å². The molecule has 1 amide bonds. The number of amides is 1. The number of anilines is 1. The molecule has 1 aliphatic rings. The Bertz CT molecular complexity index is 663. The first-order valence-corrected chi connectivity index (χ1v) is 7.07. The first-order valence-electron chi connectivity index (χ1n) is 7.07. The van der Waals surface area contributed by atoms with E-state index in [1.165, 1.54) is 0 Å². The van der Waals surface area contributed by atoms with Crippen molar-refractivity contribution < 1.29 is 9.53 Å². The van der Waals surface area contributed by atoms with Crippen LogP contribution in [-0.4, -0.2) is 63.8 Å². The quantitative estimate of drug-likeness (QED) is 0.805. The highest BCUT2D eigenvalue weighted by Gasteiger charge is 2.24. The highest BCUT2D eigenvalue weighted by atomic mass is 16.5. The van der Waals surface area contributed by atoms with Gasteiger partial charge < -0.3 is 14.5 Å². The summed E-state index contributed by atoms with van der Waals surface area (Å²) in [6.07, 6.45) is 5.01. The van der Waals surface area contributed by atoms with E-state index in [1.807, 2.05) is 4.90 Å². The van der Waals surface area contributed by atoms with Gasteiger partial charge in [-0.25, -0.2) is 4.98 Å². The van der Waals surface area contributed by atoms with Crippen molar-refractivity contribution in [2.45, 2.75) is 0 Å². The normalized spacial score (nSPS) is 15.0. The molecule has 22 heavy (non-hydrogen) atoms. The van der Waals surface area contributed by atoms with E-state index in [4.69, 9.17) is 4.74 Å². The largest absolute Gasteiger partial charge is 0.481 e. The predicted molar refractivity (Wildman–Crippen MR) is 79.9 cm³/mol. The topological polar surface area (TPSA) is 76.4 Å². The number of rotatable bonds is 3. The van der Waals surface area contributed by atoms with Gasteiger partial charge in [-0.1, -0.05) is 0 Å². The molecule has 0 N–H and O–H groups in total. The third kappa shape index (κ3) is 2.85. The lowest BCUT2D eigenvalue weighted by molar-refractivity contribution is 0.0746. The smallest absolute Gasteiger partial charge is 0.257 e. The number of hydrogen-bond donors (Lipinski definition) is 0. The molecule has 0 bridgehead atoms. The second kappa shape index (κ2) is 6.00. The summed E-state index contributed by atoms with van der Waals surface area (Å²) in [5.74, 6) is 1.19. The van der Waals surface area contributed by atoms with Crippen LogP contribution in [0.25, 0.3) is 0 Å². The minimum atomic E-state index is 0.0133. The monoisotopic (exact) mass is 302 g/mol. The van der Waals surface area contributed by atoms with Gasteiger partial charge in [0.2, 0.25) is 11.8 Å². The minimum Gasteiger partial charge on any atom is -0.481 e. The van der Waals surface area contributed by atoms with Gasteiger partial charge in [-0.05, 0) is 0 Å². The van der Waals surface area contributed by atoms with Crippen LogP contribution in [0.4, 0.5) is 5.95 Å². The molecule has 0 atom stereocenters. The summed E-state index contributed by atoms with van der Waals surface area (Å²) >= 11 is 0. The van der Waals surface area contributed by atoms with Crippen LogP contribution >= 0.6 is 0 Å². The Balaban J connectivity index is 1.63. The average molecular weight is 302 g/mol. The van der Waals surface area contributed by atoms with Crippen LogP contribution in [0.2, 0.25) is 0 Å². The lowest BCUT2D eigenvalue weighted by Gasteiger charge is -2.34. The van der Waals surface area contributed by atoms with Crippen molar-refractivity contribution in [1.29, 1.82) is 0 Å². The van der Waals surface area contributed by atoms with Crippen molar-refractivity contribution in [3.63, 3.8) is 0 Å².